The van der Waals surface area contributed by atoms with Crippen molar-refractivity contribution in [3.8, 4) is 0 Å². The number of carbonyl (C=O) groups is 2. The van der Waals surface area contributed by atoms with E-state index in [1.165, 1.54) is 5.69 Å². The molecule has 2 fully saturated rings. The first-order chi connectivity index (χ1) is 15.1. The van der Waals surface area contributed by atoms with Crippen LogP contribution in [0.25, 0.3) is 0 Å². The number of hydrogen-bond donors (Lipinski definition) is 1. The van der Waals surface area contributed by atoms with E-state index in [0.29, 0.717) is 24.5 Å². The highest BCUT2D eigenvalue weighted by molar-refractivity contribution is 6.30. The summed E-state index contributed by atoms with van der Waals surface area (Å²) in [6, 6.07) is 17.7. The summed E-state index contributed by atoms with van der Waals surface area (Å²) in [5.74, 6) is -0.877. The largest absolute Gasteiger partial charge is 0.369 e. The Morgan fingerprint density at radius 3 is 2.35 bits per heavy atom. The number of carbonyl (C=O) groups excluding carboxylic acids is 2. The molecule has 2 aromatic carbocycles. The number of benzene rings is 2. The van der Waals surface area contributed by atoms with Gasteiger partial charge in [0.05, 0.1) is 0 Å². The second-order valence-electron chi connectivity index (χ2n) is 8.12. The Kier molecular flexibility index (Phi) is 7.10. The number of rotatable bonds is 7. The molecule has 0 saturated carbocycles. The zero-order valence-electron chi connectivity index (χ0n) is 17.7. The smallest absolute Gasteiger partial charge is 0.239 e. The first kappa shape index (κ1) is 21.7. The van der Waals surface area contributed by atoms with Crippen molar-refractivity contribution < 1.29 is 9.59 Å². The summed E-state index contributed by atoms with van der Waals surface area (Å²) in [6.07, 6.45) is 1.44. The van der Waals surface area contributed by atoms with Crippen molar-refractivity contribution in [1.29, 1.82) is 0 Å². The molecule has 0 spiro atoms. The highest BCUT2D eigenvalue weighted by Gasteiger charge is 2.37. The lowest BCUT2D eigenvalue weighted by Gasteiger charge is -2.36. The molecule has 4 rings (SSSR count). The van der Waals surface area contributed by atoms with Crippen LogP contribution in [0.15, 0.2) is 54.6 Å². The van der Waals surface area contributed by atoms with Crippen molar-refractivity contribution in [2.45, 2.75) is 12.8 Å². The Bertz CT molecular complexity index is 882. The van der Waals surface area contributed by atoms with E-state index >= 15 is 0 Å². The Balaban J connectivity index is 1.16. The number of halogens is 1. The molecule has 2 heterocycles. The predicted molar refractivity (Wildman–Crippen MR) is 125 cm³/mol. The summed E-state index contributed by atoms with van der Waals surface area (Å²) in [6.45, 7) is 6.21. The minimum atomic E-state index is -0.593. The van der Waals surface area contributed by atoms with E-state index in [1.54, 1.807) is 17.0 Å². The number of nitrogens with zero attached hydrogens (tertiary/aromatic N) is 3. The van der Waals surface area contributed by atoms with Crippen molar-refractivity contribution in [1.82, 2.24) is 10.2 Å². The van der Waals surface area contributed by atoms with Gasteiger partial charge in [0.2, 0.25) is 11.8 Å². The molecule has 2 aromatic rings. The van der Waals surface area contributed by atoms with Crippen LogP contribution in [0.3, 0.4) is 0 Å². The van der Waals surface area contributed by atoms with Crippen molar-refractivity contribution >= 4 is 34.8 Å². The summed E-state index contributed by atoms with van der Waals surface area (Å²) in [4.78, 5) is 31.7. The van der Waals surface area contributed by atoms with Gasteiger partial charge < -0.3 is 15.1 Å². The van der Waals surface area contributed by atoms with Gasteiger partial charge in [0.1, 0.15) is 5.92 Å². The topological polar surface area (TPSA) is 55.9 Å². The third-order valence-electron chi connectivity index (χ3n) is 6.10. The standard InChI is InChI=1S/C24H29ClN4O2/c25-19-7-9-21(10-8-19)29-14-11-22(24(29)31)23(30)26-12-4-13-27-15-17-28(18-16-27)20-5-2-1-3-6-20/h1-3,5-10,22H,4,11-18H2,(H,26,30)/t22-/m1/s1. The minimum absolute atomic E-state index is 0.128. The lowest BCUT2D eigenvalue weighted by atomic mass is 10.1. The Morgan fingerprint density at radius 2 is 1.65 bits per heavy atom. The van der Waals surface area contributed by atoms with Gasteiger partial charge in [-0.05, 0) is 55.8 Å². The van der Waals surface area contributed by atoms with Crippen LogP contribution in [0.4, 0.5) is 11.4 Å². The molecule has 0 radical (unpaired) electrons. The summed E-state index contributed by atoms with van der Waals surface area (Å²) < 4.78 is 0. The normalized spacial score (nSPS) is 19.6. The van der Waals surface area contributed by atoms with Gasteiger partial charge in [0, 0.05) is 55.7 Å². The zero-order chi connectivity index (χ0) is 21.6. The van der Waals surface area contributed by atoms with Gasteiger partial charge in [-0.1, -0.05) is 29.8 Å². The maximum atomic E-state index is 12.7. The van der Waals surface area contributed by atoms with Crippen LogP contribution in [0.5, 0.6) is 0 Å². The molecular weight excluding hydrogens is 412 g/mol. The molecule has 164 valence electrons. The lowest BCUT2D eigenvalue weighted by Crippen LogP contribution is -2.47. The number of hydrogen-bond acceptors (Lipinski definition) is 4. The fraction of sp³-hybridized carbons (Fsp3) is 0.417. The molecule has 2 saturated heterocycles. The zero-order valence-corrected chi connectivity index (χ0v) is 18.4. The molecule has 0 aromatic heterocycles. The third-order valence-corrected chi connectivity index (χ3v) is 6.36. The molecule has 0 unspecified atom stereocenters. The Hall–Kier alpha value is -2.57. The van der Waals surface area contributed by atoms with Gasteiger partial charge in [-0.2, -0.15) is 0 Å². The Labute approximate surface area is 188 Å². The van der Waals surface area contributed by atoms with E-state index in [2.05, 4.69) is 39.4 Å². The van der Waals surface area contributed by atoms with Gasteiger partial charge in [0.15, 0.2) is 0 Å². The van der Waals surface area contributed by atoms with Crippen LogP contribution < -0.4 is 15.1 Å². The van der Waals surface area contributed by atoms with Gasteiger partial charge >= 0.3 is 0 Å². The second-order valence-corrected chi connectivity index (χ2v) is 8.55. The molecule has 0 aliphatic carbocycles. The molecule has 2 aliphatic heterocycles. The van der Waals surface area contributed by atoms with Crippen LogP contribution in [-0.2, 0) is 9.59 Å². The van der Waals surface area contributed by atoms with Crippen molar-refractivity contribution in [2.24, 2.45) is 5.92 Å². The molecule has 6 nitrogen and oxygen atoms in total. The van der Waals surface area contributed by atoms with Crippen LogP contribution in [0, 0.1) is 5.92 Å². The highest BCUT2D eigenvalue weighted by Crippen LogP contribution is 2.26. The molecular formula is C24H29ClN4O2. The van der Waals surface area contributed by atoms with E-state index in [0.717, 1.165) is 44.8 Å². The van der Waals surface area contributed by atoms with Crippen LogP contribution in [0.2, 0.25) is 5.02 Å². The fourth-order valence-corrected chi connectivity index (χ4v) is 4.43. The molecule has 1 atom stereocenters. The number of para-hydroxylation sites is 1. The molecule has 2 aliphatic rings. The SMILES string of the molecule is O=C(NCCCN1CCN(c2ccccc2)CC1)[C@H]1CCN(c2ccc(Cl)cc2)C1=O. The van der Waals surface area contributed by atoms with E-state index in [9.17, 15) is 9.59 Å². The number of anilines is 2. The monoisotopic (exact) mass is 440 g/mol. The fourth-order valence-electron chi connectivity index (χ4n) is 4.31. The maximum Gasteiger partial charge on any atom is 0.239 e. The summed E-state index contributed by atoms with van der Waals surface area (Å²) in [5, 5.41) is 3.60. The van der Waals surface area contributed by atoms with Gasteiger partial charge in [0.25, 0.3) is 0 Å². The highest BCUT2D eigenvalue weighted by atomic mass is 35.5. The number of nitrogens with one attached hydrogen (secondary N) is 1. The van der Waals surface area contributed by atoms with E-state index < -0.39 is 5.92 Å². The Morgan fingerprint density at radius 1 is 0.935 bits per heavy atom. The predicted octanol–water partition coefficient (Wildman–Crippen LogP) is 3.02. The number of piperazine rings is 1. The van der Waals surface area contributed by atoms with Crippen molar-refractivity contribution in [2.75, 3.05) is 55.6 Å². The van der Waals surface area contributed by atoms with Crippen LogP contribution >= 0.6 is 11.6 Å². The van der Waals surface area contributed by atoms with Crippen molar-refractivity contribution in [3.63, 3.8) is 0 Å². The summed E-state index contributed by atoms with van der Waals surface area (Å²) in [7, 11) is 0. The lowest BCUT2D eigenvalue weighted by molar-refractivity contribution is -0.132. The molecule has 31 heavy (non-hydrogen) atoms. The quantitative estimate of drug-likeness (QED) is 0.531. The van der Waals surface area contributed by atoms with Gasteiger partial charge in [-0.15, -0.1) is 0 Å². The third kappa shape index (κ3) is 5.38. The first-order valence-electron chi connectivity index (χ1n) is 11.0. The molecule has 1 N–H and O–H groups in total. The minimum Gasteiger partial charge on any atom is -0.369 e. The maximum absolute atomic E-state index is 12.7. The van der Waals surface area contributed by atoms with E-state index in [-0.39, 0.29) is 11.8 Å². The average molecular weight is 441 g/mol. The van der Waals surface area contributed by atoms with E-state index in [4.69, 9.17) is 11.6 Å². The van der Waals surface area contributed by atoms with Crippen molar-refractivity contribution in [3.05, 3.63) is 59.6 Å². The summed E-state index contributed by atoms with van der Waals surface area (Å²) >= 11 is 5.92. The molecule has 0 bridgehead atoms. The second kappa shape index (κ2) is 10.2. The van der Waals surface area contributed by atoms with Crippen LogP contribution in [-0.4, -0.2) is 62.5 Å². The first-order valence-corrected chi connectivity index (χ1v) is 11.4. The van der Waals surface area contributed by atoms with E-state index in [1.807, 2.05) is 18.2 Å². The van der Waals surface area contributed by atoms with Gasteiger partial charge in [-0.25, -0.2) is 0 Å². The molecule has 7 heteroatoms. The number of amides is 2. The average Bonchev–Trinajstić information content (AvgIpc) is 3.19. The molecule has 2 amide bonds. The summed E-state index contributed by atoms with van der Waals surface area (Å²) in [5.41, 5.74) is 2.07. The van der Waals surface area contributed by atoms with Crippen LogP contribution in [0.1, 0.15) is 12.8 Å². The van der Waals surface area contributed by atoms with Gasteiger partial charge in [-0.3, -0.25) is 14.5 Å².